The zero-order valence-corrected chi connectivity index (χ0v) is 16.8. The smallest absolute Gasteiger partial charge is 0.280 e. The summed E-state index contributed by atoms with van der Waals surface area (Å²) in [5.41, 5.74) is 7.92. The summed E-state index contributed by atoms with van der Waals surface area (Å²) in [7, 11) is 3.02. The average Bonchev–Trinajstić information content (AvgIpc) is 3.10. The maximum atomic E-state index is 12.5. The van der Waals surface area contributed by atoms with E-state index in [9.17, 15) is 9.59 Å². The van der Waals surface area contributed by atoms with Crippen molar-refractivity contribution in [3.05, 3.63) is 53.7 Å². The van der Waals surface area contributed by atoms with E-state index in [4.69, 9.17) is 15.2 Å². The molecule has 3 aromatic rings. The summed E-state index contributed by atoms with van der Waals surface area (Å²) in [6.07, 6.45) is 0. The van der Waals surface area contributed by atoms with Crippen LogP contribution in [0.2, 0.25) is 0 Å². The van der Waals surface area contributed by atoms with Gasteiger partial charge in [-0.1, -0.05) is 23.4 Å². The Morgan fingerprint density at radius 3 is 2.53 bits per heavy atom. The lowest BCUT2D eigenvalue weighted by molar-refractivity contribution is -0.116. The molecule has 1 aromatic heterocycles. The average molecular weight is 410 g/mol. The maximum absolute atomic E-state index is 12.5. The second-order valence-corrected chi connectivity index (χ2v) is 6.36. The first-order valence-electron chi connectivity index (χ1n) is 9.00. The Balaban J connectivity index is 1.69. The molecule has 10 nitrogen and oxygen atoms in total. The van der Waals surface area contributed by atoms with Crippen molar-refractivity contribution in [2.75, 3.05) is 30.6 Å². The maximum Gasteiger partial charge on any atom is 0.280 e. The first-order chi connectivity index (χ1) is 14.4. The minimum atomic E-state index is -0.509. The van der Waals surface area contributed by atoms with Crippen LogP contribution in [0.15, 0.2) is 42.5 Å². The largest absolute Gasteiger partial charge is 0.497 e. The number of carbonyl (C=O) groups is 2. The Bertz CT molecular complexity index is 1080. The lowest BCUT2D eigenvalue weighted by atomic mass is 10.2. The van der Waals surface area contributed by atoms with E-state index in [0.717, 1.165) is 10.2 Å². The van der Waals surface area contributed by atoms with Gasteiger partial charge in [-0.15, -0.1) is 5.10 Å². The molecule has 0 radical (unpaired) electrons. The molecule has 0 spiro atoms. The number of methoxy groups -OCH3 is 2. The van der Waals surface area contributed by atoms with E-state index in [1.165, 1.54) is 14.2 Å². The Morgan fingerprint density at radius 1 is 1.07 bits per heavy atom. The van der Waals surface area contributed by atoms with Crippen LogP contribution >= 0.6 is 0 Å². The quantitative estimate of drug-likeness (QED) is 0.543. The van der Waals surface area contributed by atoms with E-state index in [1.807, 2.05) is 19.1 Å². The molecule has 0 unspecified atom stereocenters. The molecule has 10 heteroatoms. The molecule has 3 rings (SSSR count). The van der Waals surface area contributed by atoms with Gasteiger partial charge in [0.2, 0.25) is 5.91 Å². The molecule has 0 aliphatic heterocycles. The van der Waals surface area contributed by atoms with Crippen molar-refractivity contribution < 1.29 is 19.1 Å². The molecule has 0 saturated carbocycles. The summed E-state index contributed by atoms with van der Waals surface area (Å²) >= 11 is 0. The molecule has 0 saturated heterocycles. The van der Waals surface area contributed by atoms with E-state index < -0.39 is 11.8 Å². The standard InChI is InChI=1S/C20H22N6O4/c1-12-6-4-5-7-14(12)23-20(28)18-19(21)26(25-24-18)11-17(27)22-15-9-8-13(29-2)10-16(15)30-3/h4-10H,11,21H2,1-3H3,(H,22,27)(H,23,28). The first-order valence-corrected chi connectivity index (χ1v) is 9.00. The van der Waals surface area contributed by atoms with E-state index in [-0.39, 0.29) is 18.1 Å². The van der Waals surface area contributed by atoms with Gasteiger partial charge >= 0.3 is 0 Å². The molecule has 1 heterocycles. The van der Waals surface area contributed by atoms with Crippen molar-refractivity contribution in [3.63, 3.8) is 0 Å². The predicted octanol–water partition coefficient (Wildman–Crippen LogP) is 2.08. The summed E-state index contributed by atoms with van der Waals surface area (Å²) in [6, 6.07) is 12.3. The van der Waals surface area contributed by atoms with Crippen molar-refractivity contribution in [2.24, 2.45) is 0 Å². The second kappa shape index (κ2) is 8.95. The van der Waals surface area contributed by atoms with Gasteiger partial charge in [0, 0.05) is 11.8 Å². The first kappa shape index (κ1) is 20.6. The molecule has 0 fully saturated rings. The number of anilines is 3. The number of amides is 2. The van der Waals surface area contributed by atoms with Gasteiger partial charge in [0.1, 0.15) is 18.0 Å². The van der Waals surface area contributed by atoms with Crippen molar-refractivity contribution in [2.45, 2.75) is 13.5 Å². The minimum Gasteiger partial charge on any atom is -0.497 e. The van der Waals surface area contributed by atoms with Gasteiger partial charge in [-0.3, -0.25) is 9.59 Å². The van der Waals surface area contributed by atoms with Crippen LogP contribution in [0.5, 0.6) is 11.5 Å². The molecule has 0 atom stereocenters. The third-order valence-electron chi connectivity index (χ3n) is 4.36. The van der Waals surface area contributed by atoms with Gasteiger partial charge in [-0.2, -0.15) is 0 Å². The molecule has 0 aliphatic carbocycles. The number of aryl methyl sites for hydroxylation is 1. The van der Waals surface area contributed by atoms with Crippen LogP contribution in [0.25, 0.3) is 0 Å². The van der Waals surface area contributed by atoms with Gasteiger partial charge in [-0.25, -0.2) is 4.68 Å². The molecule has 4 N–H and O–H groups in total. The number of nitrogens with one attached hydrogen (secondary N) is 2. The molecule has 2 amide bonds. The monoisotopic (exact) mass is 410 g/mol. The number of carbonyl (C=O) groups excluding carboxylic acids is 2. The number of ether oxygens (including phenoxy) is 2. The van der Waals surface area contributed by atoms with E-state index in [2.05, 4.69) is 20.9 Å². The fourth-order valence-electron chi connectivity index (χ4n) is 2.72. The van der Waals surface area contributed by atoms with Crippen LogP contribution < -0.4 is 25.8 Å². The van der Waals surface area contributed by atoms with Crippen molar-refractivity contribution in [3.8, 4) is 11.5 Å². The molecule has 0 bridgehead atoms. The second-order valence-electron chi connectivity index (χ2n) is 6.36. The minimum absolute atomic E-state index is 0.0158. The Morgan fingerprint density at radius 2 is 1.83 bits per heavy atom. The molecular formula is C20H22N6O4. The van der Waals surface area contributed by atoms with Crippen molar-refractivity contribution in [1.82, 2.24) is 15.0 Å². The Labute approximate surface area is 173 Å². The van der Waals surface area contributed by atoms with Gasteiger partial charge in [-0.05, 0) is 30.7 Å². The number of aromatic nitrogens is 3. The van der Waals surface area contributed by atoms with Gasteiger partial charge in [0.05, 0.1) is 19.9 Å². The van der Waals surface area contributed by atoms with Crippen LogP contribution in [0.1, 0.15) is 16.1 Å². The van der Waals surface area contributed by atoms with Crippen molar-refractivity contribution >= 4 is 29.0 Å². The Hall–Kier alpha value is -4.08. The highest BCUT2D eigenvalue weighted by atomic mass is 16.5. The topological polar surface area (TPSA) is 133 Å². The number of hydrogen-bond donors (Lipinski definition) is 3. The lowest BCUT2D eigenvalue weighted by Gasteiger charge is -2.12. The third kappa shape index (κ3) is 4.49. The van der Waals surface area contributed by atoms with Crippen LogP contribution in [0.3, 0.4) is 0 Å². The van der Waals surface area contributed by atoms with Crippen LogP contribution in [-0.2, 0) is 11.3 Å². The number of para-hydroxylation sites is 1. The number of nitrogens with zero attached hydrogens (tertiary/aromatic N) is 3. The van der Waals surface area contributed by atoms with E-state index in [1.54, 1.807) is 30.3 Å². The number of nitrogen functional groups attached to an aromatic ring is 1. The van der Waals surface area contributed by atoms with Crippen LogP contribution in [-0.4, -0.2) is 41.0 Å². The number of nitrogens with two attached hydrogens (primary N) is 1. The summed E-state index contributed by atoms with van der Waals surface area (Å²) < 4.78 is 11.5. The third-order valence-corrected chi connectivity index (χ3v) is 4.36. The summed E-state index contributed by atoms with van der Waals surface area (Å²) in [5, 5.41) is 13.1. The number of hydrogen-bond acceptors (Lipinski definition) is 7. The normalized spacial score (nSPS) is 10.4. The highest BCUT2D eigenvalue weighted by Crippen LogP contribution is 2.29. The molecule has 2 aromatic carbocycles. The lowest BCUT2D eigenvalue weighted by Crippen LogP contribution is -2.21. The summed E-state index contributed by atoms with van der Waals surface area (Å²) in [5.74, 6) is 0.0892. The molecule has 0 aliphatic rings. The molecule has 156 valence electrons. The molecule has 30 heavy (non-hydrogen) atoms. The zero-order chi connectivity index (χ0) is 21.7. The fraction of sp³-hybridized carbons (Fsp3) is 0.200. The van der Waals surface area contributed by atoms with E-state index in [0.29, 0.717) is 22.9 Å². The summed E-state index contributed by atoms with van der Waals surface area (Å²) in [6.45, 7) is 1.64. The van der Waals surface area contributed by atoms with Gasteiger partial charge in [0.25, 0.3) is 5.91 Å². The van der Waals surface area contributed by atoms with E-state index >= 15 is 0 Å². The zero-order valence-electron chi connectivity index (χ0n) is 16.8. The predicted molar refractivity (Wildman–Crippen MR) is 112 cm³/mol. The highest BCUT2D eigenvalue weighted by Gasteiger charge is 2.20. The Kier molecular flexibility index (Phi) is 6.16. The number of rotatable bonds is 7. The van der Waals surface area contributed by atoms with Gasteiger partial charge < -0.3 is 25.8 Å². The fourth-order valence-corrected chi connectivity index (χ4v) is 2.72. The molecular weight excluding hydrogens is 388 g/mol. The van der Waals surface area contributed by atoms with Crippen molar-refractivity contribution in [1.29, 1.82) is 0 Å². The summed E-state index contributed by atoms with van der Waals surface area (Å²) in [4.78, 5) is 24.9. The highest BCUT2D eigenvalue weighted by molar-refractivity contribution is 6.06. The van der Waals surface area contributed by atoms with Crippen LogP contribution in [0.4, 0.5) is 17.2 Å². The van der Waals surface area contributed by atoms with Gasteiger partial charge in [0.15, 0.2) is 11.5 Å². The van der Waals surface area contributed by atoms with Crippen LogP contribution in [0, 0.1) is 6.92 Å². The number of benzene rings is 2. The SMILES string of the molecule is COc1ccc(NC(=O)Cn2nnc(C(=O)Nc3ccccc3C)c2N)c(OC)c1.